The SMILES string of the molecule is Cc1ccc(C(O)C2CCCC2C)c(C)c1. The third-order valence-corrected chi connectivity index (χ3v) is 4.08. The fraction of sp³-hybridized carbons (Fsp3) is 0.600. The summed E-state index contributed by atoms with van der Waals surface area (Å²) in [5.41, 5.74) is 3.63. The van der Waals surface area contributed by atoms with Gasteiger partial charge in [0.05, 0.1) is 6.10 Å². The largest absolute Gasteiger partial charge is 0.388 e. The van der Waals surface area contributed by atoms with Crippen LogP contribution in [-0.4, -0.2) is 5.11 Å². The Labute approximate surface area is 98.5 Å². The molecular formula is C15H22O. The predicted molar refractivity (Wildman–Crippen MR) is 67.4 cm³/mol. The Morgan fingerprint density at radius 2 is 2.00 bits per heavy atom. The van der Waals surface area contributed by atoms with Gasteiger partial charge in [0.2, 0.25) is 0 Å². The van der Waals surface area contributed by atoms with Gasteiger partial charge in [-0.2, -0.15) is 0 Å². The van der Waals surface area contributed by atoms with Crippen molar-refractivity contribution in [3.8, 4) is 0 Å². The number of hydrogen-bond acceptors (Lipinski definition) is 1. The van der Waals surface area contributed by atoms with E-state index in [-0.39, 0.29) is 6.10 Å². The minimum absolute atomic E-state index is 0.266. The van der Waals surface area contributed by atoms with Gasteiger partial charge in [0.15, 0.2) is 0 Å². The van der Waals surface area contributed by atoms with Crippen molar-refractivity contribution >= 4 is 0 Å². The minimum Gasteiger partial charge on any atom is -0.388 e. The van der Waals surface area contributed by atoms with Crippen LogP contribution >= 0.6 is 0 Å². The molecule has 1 heteroatoms. The number of rotatable bonds is 2. The lowest BCUT2D eigenvalue weighted by Gasteiger charge is -2.24. The molecule has 2 rings (SSSR count). The lowest BCUT2D eigenvalue weighted by Crippen LogP contribution is -2.16. The van der Waals surface area contributed by atoms with E-state index in [4.69, 9.17) is 0 Å². The monoisotopic (exact) mass is 218 g/mol. The summed E-state index contributed by atoms with van der Waals surface area (Å²) in [6.45, 7) is 6.47. The van der Waals surface area contributed by atoms with E-state index in [0.717, 1.165) is 5.56 Å². The lowest BCUT2D eigenvalue weighted by molar-refractivity contribution is 0.0895. The Morgan fingerprint density at radius 3 is 2.56 bits per heavy atom. The van der Waals surface area contributed by atoms with Gasteiger partial charge in [0.1, 0.15) is 0 Å². The van der Waals surface area contributed by atoms with E-state index < -0.39 is 0 Å². The van der Waals surface area contributed by atoms with Crippen LogP contribution in [0.5, 0.6) is 0 Å². The lowest BCUT2D eigenvalue weighted by atomic mass is 9.86. The summed E-state index contributed by atoms with van der Waals surface area (Å²) in [6, 6.07) is 6.36. The molecule has 16 heavy (non-hydrogen) atoms. The molecule has 1 nitrogen and oxygen atoms in total. The van der Waals surface area contributed by atoms with E-state index in [1.807, 2.05) is 0 Å². The third kappa shape index (κ3) is 2.15. The van der Waals surface area contributed by atoms with E-state index in [0.29, 0.717) is 11.8 Å². The topological polar surface area (TPSA) is 20.2 Å². The first-order valence-electron chi connectivity index (χ1n) is 6.35. The van der Waals surface area contributed by atoms with Gasteiger partial charge < -0.3 is 5.11 Å². The van der Waals surface area contributed by atoms with Crippen LogP contribution in [0, 0.1) is 25.7 Å². The molecule has 0 radical (unpaired) electrons. The maximum atomic E-state index is 10.5. The first kappa shape index (κ1) is 11.7. The fourth-order valence-electron chi connectivity index (χ4n) is 3.03. The van der Waals surface area contributed by atoms with Gasteiger partial charge >= 0.3 is 0 Å². The smallest absolute Gasteiger partial charge is 0.0823 e. The van der Waals surface area contributed by atoms with Crippen LogP contribution in [0.25, 0.3) is 0 Å². The van der Waals surface area contributed by atoms with Crippen LogP contribution in [-0.2, 0) is 0 Å². The Balaban J connectivity index is 2.23. The minimum atomic E-state index is -0.266. The average molecular weight is 218 g/mol. The molecule has 0 amide bonds. The maximum absolute atomic E-state index is 10.5. The van der Waals surface area contributed by atoms with Crippen LogP contribution in [0.4, 0.5) is 0 Å². The third-order valence-electron chi connectivity index (χ3n) is 4.08. The molecule has 3 unspecified atom stereocenters. The molecule has 1 aromatic rings. The van der Waals surface area contributed by atoms with Crippen molar-refractivity contribution in [2.45, 2.75) is 46.1 Å². The molecule has 1 N–H and O–H groups in total. The van der Waals surface area contributed by atoms with Gasteiger partial charge in [-0.1, -0.05) is 43.5 Å². The van der Waals surface area contributed by atoms with Crippen LogP contribution in [0.15, 0.2) is 18.2 Å². The summed E-state index contributed by atoms with van der Waals surface area (Å²) in [4.78, 5) is 0. The van der Waals surface area contributed by atoms with Crippen molar-refractivity contribution in [2.75, 3.05) is 0 Å². The van der Waals surface area contributed by atoms with Crippen molar-refractivity contribution < 1.29 is 5.11 Å². The molecule has 0 aliphatic heterocycles. The highest BCUT2D eigenvalue weighted by Gasteiger charge is 2.31. The number of aliphatic hydroxyl groups excluding tert-OH is 1. The van der Waals surface area contributed by atoms with Crippen molar-refractivity contribution in [2.24, 2.45) is 11.8 Å². The Hall–Kier alpha value is -0.820. The van der Waals surface area contributed by atoms with Crippen molar-refractivity contribution in [1.82, 2.24) is 0 Å². The van der Waals surface area contributed by atoms with Gasteiger partial charge in [0.25, 0.3) is 0 Å². The maximum Gasteiger partial charge on any atom is 0.0823 e. The van der Waals surface area contributed by atoms with Crippen molar-refractivity contribution in [3.63, 3.8) is 0 Å². The molecule has 0 spiro atoms. The highest BCUT2D eigenvalue weighted by molar-refractivity contribution is 5.32. The highest BCUT2D eigenvalue weighted by Crippen LogP contribution is 2.40. The summed E-state index contributed by atoms with van der Waals surface area (Å²) in [7, 11) is 0. The second-order valence-corrected chi connectivity index (χ2v) is 5.38. The molecule has 0 heterocycles. The molecule has 0 bridgehead atoms. The number of hydrogen-bond donors (Lipinski definition) is 1. The molecular weight excluding hydrogens is 196 g/mol. The zero-order valence-electron chi connectivity index (χ0n) is 10.5. The molecule has 88 valence electrons. The zero-order valence-corrected chi connectivity index (χ0v) is 10.5. The van der Waals surface area contributed by atoms with Crippen molar-refractivity contribution in [1.29, 1.82) is 0 Å². The Kier molecular flexibility index (Phi) is 3.34. The van der Waals surface area contributed by atoms with E-state index in [2.05, 4.69) is 39.0 Å². The van der Waals surface area contributed by atoms with Crippen molar-refractivity contribution in [3.05, 3.63) is 34.9 Å². The van der Waals surface area contributed by atoms with Crippen LogP contribution in [0.2, 0.25) is 0 Å². The molecule has 1 saturated carbocycles. The van der Waals surface area contributed by atoms with E-state index in [9.17, 15) is 5.11 Å². The summed E-state index contributed by atoms with van der Waals surface area (Å²) in [5, 5.41) is 10.5. The average Bonchev–Trinajstić information content (AvgIpc) is 2.63. The normalized spacial score (nSPS) is 27.0. The summed E-state index contributed by atoms with van der Waals surface area (Å²) >= 11 is 0. The number of benzene rings is 1. The Morgan fingerprint density at radius 1 is 1.25 bits per heavy atom. The summed E-state index contributed by atoms with van der Waals surface area (Å²) < 4.78 is 0. The molecule has 0 saturated heterocycles. The first-order valence-corrected chi connectivity index (χ1v) is 6.35. The fourth-order valence-corrected chi connectivity index (χ4v) is 3.03. The molecule has 0 aromatic heterocycles. The predicted octanol–water partition coefficient (Wildman–Crippen LogP) is 3.77. The molecule has 1 fully saturated rings. The molecule has 1 aromatic carbocycles. The van der Waals surface area contributed by atoms with E-state index in [1.165, 1.54) is 30.4 Å². The van der Waals surface area contributed by atoms with E-state index >= 15 is 0 Å². The van der Waals surface area contributed by atoms with Gasteiger partial charge in [-0.25, -0.2) is 0 Å². The Bertz CT molecular complexity index is 370. The highest BCUT2D eigenvalue weighted by atomic mass is 16.3. The van der Waals surface area contributed by atoms with Gasteiger partial charge in [-0.3, -0.25) is 0 Å². The van der Waals surface area contributed by atoms with Gasteiger partial charge in [-0.05, 0) is 43.2 Å². The van der Waals surface area contributed by atoms with E-state index in [1.54, 1.807) is 0 Å². The summed E-state index contributed by atoms with van der Waals surface area (Å²) in [6.07, 6.45) is 3.45. The zero-order chi connectivity index (χ0) is 11.7. The molecule has 3 atom stereocenters. The van der Waals surface area contributed by atoms with Crippen LogP contribution in [0.1, 0.15) is 49.0 Å². The molecule has 1 aliphatic carbocycles. The number of aryl methyl sites for hydroxylation is 2. The molecule has 1 aliphatic rings. The van der Waals surface area contributed by atoms with Gasteiger partial charge in [-0.15, -0.1) is 0 Å². The second kappa shape index (κ2) is 4.58. The standard InChI is InChI=1S/C15H22O/c1-10-7-8-14(12(3)9-10)15(16)13-6-4-5-11(13)2/h7-9,11,13,15-16H,4-6H2,1-3H3. The van der Waals surface area contributed by atoms with Crippen LogP contribution < -0.4 is 0 Å². The first-order chi connectivity index (χ1) is 7.59. The summed E-state index contributed by atoms with van der Waals surface area (Å²) in [5.74, 6) is 1.12. The van der Waals surface area contributed by atoms with Crippen LogP contribution in [0.3, 0.4) is 0 Å². The quantitative estimate of drug-likeness (QED) is 0.801. The number of aliphatic hydroxyl groups is 1. The second-order valence-electron chi connectivity index (χ2n) is 5.38. The van der Waals surface area contributed by atoms with Gasteiger partial charge in [0, 0.05) is 0 Å².